The van der Waals surface area contributed by atoms with Crippen molar-refractivity contribution in [2.75, 3.05) is 26.6 Å². The van der Waals surface area contributed by atoms with Gasteiger partial charge in [-0.25, -0.2) is 0 Å². The van der Waals surface area contributed by atoms with Crippen molar-refractivity contribution in [1.29, 1.82) is 0 Å². The fourth-order valence-corrected chi connectivity index (χ4v) is 2.42. The lowest BCUT2D eigenvalue weighted by Gasteiger charge is -2.15. The number of ether oxygens (including phenoxy) is 3. The van der Waals surface area contributed by atoms with E-state index in [1.165, 1.54) is 21.3 Å². The zero-order chi connectivity index (χ0) is 17.0. The Morgan fingerprint density at radius 1 is 0.913 bits per heavy atom. The second kappa shape index (κ2) is 7.05. The van der Waals surface area contributed by atoms with Gasteiger partial charge in [0.25, 0.3) is 5.91 Å². The van der Waals surface area contributed by atoms with E-state index in [4.69, 9.17) is 14.2 Å². The minimum absolute atomic E-state index is 0.184. The molecule has 0 spiro atoms. The molecule has 0 aliphatic heterocycles. The van der Waals surface area contributed by atoms with Gasteiger partial charge in [0.1, 0.15) is 0 Å². The van der Waals surface area contributed by atoms with Crippen LogP contribution in [0, 0.1) is 13.8 Å². The van der Waals surface area contributed by atoms with Crippen LogP contribution in [0.4, 0.5) is 5.69 Å². The number of aryl methyl sites for hydroxylation is 2. The quantitative estimate of drug-likeness (QED) is 0.916. The molecule has 0 radical (unpaired) electrons. The Balaban J connectivity index is 2.34. The molecule has 2 rings (SSSR count). The molecule has 0 unspecified atom stereocenters. The second-order valence-electron chi connectivity index (χ2n) is 5.19. The molecule has 0 saturated heterocycles. The summed E-state index contributed by atoms with van der Waals surface area (Å²) < 4.78 is 15.9. The first-order valence-corrected chi connectivity index (χ1v) is 7.18. The zero-order valence-electron chi connectivity index (χ0n) is 14.0. The molecule has 0 saturated carbocycles. The number of carbonyl (C=O) groups excluding carboxylic acids is 1. The van der Waals surface area contributed by atoms with Gasteiger partial charge in [0.05, 0.1) is 21.3 Å². The van der Waals surface area contributed by atoms with Crippen LogP contribution in [0.15, 0.2) is 30.3 Å². The molecule has 1 N–H and O–H groups in total. The summed E-state index contributed by atoms with van der Waals surface area (Å²) in [5, 5.41) is 2.86. The van der Waals surface area contributed by atoms with Crippen molar-refractivity contribution >= 4 is 11.6 Å². The number of carbonyl (C=O) groups is 1. The molecule has 122 valence electrons. The summed E-state index contributed by atoms with van der Waals surface area (Å²) >= 11 is 0. The third kappa shape index (κ3) is 3.56. The average molecular weight is 315 g/mol. The van der Waals surface area contributed by atoms with E-state index in [-0.39, 0.29) is 5.91 Å². The summed E-state index contributed by atoms with van der Waals surface area (Å²) in [6, 6.07) is 9.10. The lowest BCUT2D eigenvalue weighted by molar-refractivity contribution is 0.102. The predicted octanol–water partition coefficient (Wildman–Crippen LogP) is 3.58. The molecule has 0 atom stereocenters. The van der Waals surface area contributed by atoms with E-state index < -0.39 is 0 Å². The van der Waals surface area contributed by atoms with Gasteiger partial charge in [-0.2, -0.15) is 0 Å². The van der Waals surface area contributed by atoms with E-state index in [1.807, 2.05) is 32.0 Å². The molecule has 23 heavy (non-hydrogen) atoms. The third-order valence-corrected chi connectivity index (χ3v) is 3.55. The lowest BCUT2D eigenvalue weighted by Crippen LogP contribution is -2.13. The number of hydrogen-bond donors (Lipinski definition) is 1. The Labute approximate surface area is 136 Å². The predicted molar refractivity (Wildman–Crippen MR) is 90.0 cm³/mol. The molecule has 1 amide bonds. The van der Waals surface area contributed by atoms with Gasteiger partial charge in [0.15, 0.2) is 11.5 Å². The number of nitrogens with one attached hydrogen (secondary N) is 1. The van der Waals surface area contributed by atoms with Gasteiger partial charge in [-0.05, 0) is 25.5 Å². The molecule has 5 heteroatoms. The van der Waals surface area contributed by atoms with Crippen LogP contribution in [0.25, 0.3) is 0 Å². The van der Waals surface area contributed by atoms with Gasteiger partial charge < -0.3 is 19.5 Å². The van der Waals surface area contributed by atoms with Gasteiger partial charge in [-0.3, -0.25) is 4.79 Å². The summed E-state index contributed by atoms with van der Waals surface area (Å²) in [6.07, 6.45) is 0. The Morgan fingerprint density at radius 3 is 2.00 bits per heavy atom. The fourth-order valence-electron chi connectivity index (χ4n) is 2.42. The van der Waals surface area contributed by atoms with Crippen LogP contribution in [-0.4, -0.2) is 27.2 Å². The van der Waals surface area contributed by atoms with Crippen molar-refractivity contribution in [2.24, 2.45) is 0 Å². The van der Waals surface area contributed by atoms with Crippen LogP contribution in [0.1, 0.15) is 21.5 Å². The highest BCUT2D eigenvalue weighted by Gasteiger charge is 2.15. The van der Waals surface area contributed by atoms with Gasteiger partial charge in [-0.15, -0.1) is 0 Å². The van der Waals surface area contributed by atoms with Crippen molar-refractivity contribution in [1.82, 2.24) is 0 Å². The summed E-state index contributed by atoms with van der Waals surface area (Å²) in [5.41, 5.74) is 3.25. The highest BCUT2D eigenvalue weighted by Crippen LogP contribution is 2.40. The Kier molecular flexibility index (Phi) is 5.11. The normalized spacial score (nSPS) is 10.1. The van der Waals surface area contributed by atoms with Crippen LogP contribution in [0.2, 0.25) is 0 Å². The van der Waals surface area contributed by atoms with Crippen LogP contribution in [0.3, 0.4) is 0 Å². The van der Waals surface area contributed by atoms with Gasteiger partial charge in [0, 0.05) is 23.4 Å². The van der Waals surface area contributed by atoms with Crippen LogP contribution >= 0.6 is 0 Å². The van der Waals surface area contributed by atoms with Gasteiger partial charge in [0.2, 0.25) is 5.75 Å². The van der Waals surface area contributed by atoms with Crippen molar-refractivity contribution < 1.29 is 19.0 Å². The van der Waals surface area contributed by atoms with Crippen molar-refractivity contribution in [2.45, 2.75) is 13.8 Å². The number of hydrogen-bond acceptors (Lipinski definition) is 4. The summed E-state index contributed by atoms with van der Waals surface area (Å²) in [5.74, 6) is 1.28. The van der Waals surface area contributed by atoms with Crippen LogP contribution in [-0.2, 0) is 0 Å². The second-order valence-corrected chi connectivity index (χ2v) is 5.19. The highest BCUT2D eigenvalue weighted by atomic mass is 16.5. The maximum Gasteiger partial charge on any atom is 0.255 e. The SMILES string of the molecule is COc1cc(NC(=O)c2ccc(C)cc2C)cc(OC)c1OC. The molecule has 0 aromatic heterocycles. The third-order valence-electron chi connectivity index (χ3n) is 3.55. The van der Waals surface area contributed by atoms with E-state index in [9.17, 15) is 4.79 Å². The van der Waals surface area contributed by atoms with E-state index >= 15 is 0 Å². The topological polar surface area (TPSA) is 56.8 Å². The van der Waals surface area contributed by atoms with Gasteiger partial charge >= 0.3 is 0 Å². The van der Waals surface area contributed by atoms with E-state index in [0.717, 1.165) is 11.1 Å². The molecule has 2 aromatic carbocycles. The monoisotopic (exact) mass is 315 g/mol. The number of anilines is 1. The Morgan fingerprint density at radius 2 is 1.52 bits per heavy atom. The number of methoxy groups -OCH3 is 3. The minimum atomic E-state index is -0.184. The Bertz CT molecular complexity index is 700. The zero-order valence-corrected chi connectivity index (χ0v) is 14.0. The Hall–Kier alpha value is -2.69. The summed E-state index contributed by atoms with van der Waals surface area (Å²) in [7, 11) is 4.61. The van der Waals surface area contributed by atoms with Crippen molar-refractivity contribution in [3.63, 3.8) is 0 Å². The maximum atomic E-state index is 12.5. The number of rotatable bonds is 5. The van der Waals surface area contributed by atoms with Crippen LogP contribution in [0.5, 0.6) is 17.2 Å². The van der Waals surface area contributed by atoms with Gasteiger partial charge in [-0.1, -0.05) is 17.7 Å². The average Bonchev–Trinajstić information content (AvgIpc) is 2.53. The standard InChI is InChI=1S/C18H21NO4/c1-11-6-7-14(12(2)8-11)18(20)19-13-9-15(21-3)17(23-5)16(10-13)22-4/h6-10H,1-5H3,(H,19,20). The fraction of sp³-hybridized carbons (Fsp3) is 0.278. The molecule has 0 bridgehead atoms. The lowest BCUT2D eigenvalue weighted by atomic mass is 10.1. The summed E-state index contributed by atoms with van der Waals surface area (Å²) in [6.45, 7) is 3.91. The van der Waals surface area contributed by atoms with E-state index in [2.05, 4.69) is 5.32 Å². The maximum absolute atomic E-state index is 12.5. The molecule has 0 aliphatic carbocycles. The largest absolute Gasteiger partial charge is 0.493 e. The van der Waals surface area contributed by atoms with E-state index in [1.54, 1.807) is 12.1 Å². The first kappa shape index (κ1) is 16.7. The van der Waals surface area contributed by atoms with Crippen molar-refractivity contribution in [3.8, 4) is 17.2 Å². The molecule has 0 fully saturated rings. The smallest absolute Gasteiger partial charge is 0.255 e. The number of benzene rings is 2. The van der Waals surface area contributed by atoms with E-state index in [0.29, 0.717) is 28.5 Å². The van der Waals surface area contributed by atoms with Crippen molar-refractivity contribution in [3.05, 3.63) is 47.0 Å². The minimum Gasteiger partial charge on any atom is -0.493 e. The molecule has 0 heterocycles. The molecular formula is C18H21NO4. The van der Waals surface area contributed by atoms with Crippen LogP contribution < -0.4 is 19.5 Å². The molecule has 0 aliphatic rings. The molecule has 5 nitrogen and oxygen atoms in total. The highest BCUT2D eigenvalue weighted by molar-refractivity contribution is 6.05. The number of amides is 1. The molecular weight excluding hydrogens is 294 g/mol. The first-order valence-electron chi connectivity index (χ1n) is 7.18. The first-order chi connectivity index (χ1) is 11.0. The molecule has 2 aromatic rings. The summed E-state index contributed by atoms with van der Waals surface area (Å²) in [4.78, 5) is 12.5.